The van der Waals surface area contributed by atoms with Crippen molar-refractivity contribution in [2.75, 3.05) is 13.1 Å². The normalized spacial score (nSPS) is 35.6. The summed E-state index contributed by atoms with van der Waals surface area (Å²) in [5.41, 5.74) is 1.09. The summed E-state index contributed by atoms with van der Waals surface area (Å²) in [7, 11) is -3.31. The van der Waals surface area contributed by atoms with Gasteiger partial charge in [-0.3, -0.25) is 0 Å². The maximum Gasteiger partial charge on any atom is 0.243 e. The zero-order valence-electron chi connectivity index (χ0n) is 11.6. The monoisotopic (exact) mass is 289 g/mol. The van der Waals surface area contributed by atoms with E-state index in [9.17, 15) is 8.42 Å². The topological polar surface area (TPSA) is 37.4 Å². The molecule has 2 bridgehead atoms. The van der Waals surface area contributed by atoms with Gasteiger partial charge in [0, 0.05) is 13.1 Å². The molecule has 0 N–H and O–H groups in total. The van der Waals surface area contributed by atoms with Crippen LogP contribution >= 0.6 is 0 Å². The van der Waals surface area contributed by atoms with Crippen LogP contribution in [0.4, 0.5) is 0 Å². The van der Waals surface area contributed by atoms with Gasteiger partial charge in [0.1, 0.15) is 0 Å². The molecule has 0 radical (unpaired) electrons. The van der Waals surface area contributed by atoms with Crippen molar-refractivity contribution in [3.05, 3.63) is 42.0 Å². The molecule has 106 valence electrons. The summed E-state index contributed by atoms with van der Waals surface area (Å²) in [6.07, 6.45) is 5.84. The molecule has 20 heavy (non-hydrogen) atoms. The Kier molecular flexibility index (Phi) is 2.63. The van der Waals surface area contributed by atoms with E-state index in [1.807, 2.05) is 19.1 Å². The Hall–Kier alpha value is -1.13. The number of fused-ring (bicyclic) bond motifs is 5. The van der Waals surface area contributed by atoms with Crippen molar-refractivity contribution in [2.45, 2.75) is 18.2 Å². The first-order valence-corrected chi connectivity index (χ1v) is 8.75. The first-order chi connectivity index (χ1) is 9.55. The van der Waals surface area contributed by atoms with Gasteiger partial charge in [-0.05, 0) is 49.1 Å². The third-order valence-corrected chi connectivity index (χ3v) is 7.13. The molecule has 4 unspecified atom stereocenters. The van der Waals surface area contributed by atoms with Crippen LogP contribution in [0.3, 0.4) is 0 Å². The number of aryl methyl sites for hydroxylation is 1. The molecule has 1 saturated heterocycles. The molecule has 2 fully saturated rings. The maximum absolute atomic E-state index is 12.7. The number of sulfonamides is 1. The smallest absolute Gasteiger partial charge is 0.207 e. The largest absolute Gasteiger partial charge is 0.243 e. The fourth-order valence-corrected chi connectivity index (χ4v) is 5.68. The van der Waals surface area contributed by atoms with Crippen molar-refractivity contribution in [2.24, 2.45) is 23.7 Å². The first kappa shape index (κ1) is 12.6. The van der Waals surface area contributed by atoms with Crippen LogP contribution in [-0.4, -0.2) is 25.8 Å². The van der Waals surface area contributed by atoms with E-state index in [2.05, 4.69) is 12.2 Å². The molecular weight excluding hydrogens is 270 g/mol. The molecule has 3 nitrogen and oxygen atoms in total. The molecule has 2 aliphatic carbocycles. The Morgan fingerprint density at radius 1 is 1.00 bits per heavy atom. The number of hydrogen-bond donors (Lipinski definition) is 0. The molecule has 1 aromatic rings. The summed E-state index contributed by atoms with van der Waals surface area (Å²) in [5, 5.41) is 0. The molecule has 0 spiro atoms. The lowest BCUT2D eigenvalue weighted by molar-refractivity contribution is 0.395. The van der Waals surface area contributed by atoms with Crippen LogP contribution in [0.25, 0.3) is 0 Å². The highest BCUT2D eigenvalue weighted by Crippen LogP contribution is 2.52. The lowest BCUT2D eigenvalue weighted by Crippen LogP contribution is -2.30. The van der Waals surface area contributed by atoms with E-state index in [4.69, 9.17) is 0 Å². The zero-order valence-corrected chi connectivity index (χ0v) is 12.4. The van der Waals surface area contributed by atoms with Crippen molar-refractivity contribution in [3.8, 4) is 0 Å². The van der Waals surface area contributed by atoms with E-state index in [1.54, 1.807) is 16.4 Å². The van der Waals surface area contributed by atoms with E-state index in [0.29, 0.717) is 41.7 Å². The van der Waals surface area contributed by atoms with Gasteiger partial charge in [0.2, 0.25) is 10.0 Å². The Morgan fingerprint density at radius 2 is 1.55 bits per heavy atom. The molecule has 0 amide bonds. The molecule has 1 saturated carbocycles. The molecule has 4 rings (SSSR count). The number of nitrogens with zero attached hydrogens (tertiary/aromatic N) is 1. The van der Waals surface area contributed by atoms with Crippen molar-refractivity contribution >= 4 is 10.0 Å². The second-order valence-electron chi connectivity index (χ2n) is 6.41. The van der Waals surface area contributed by atoms with Crippen molar-refractivity contribution in [1.82, 2.24) is 4.31 Å². The van der Waals surface area contributed by atoms with Crippen molar-refractivity contribution in [3.63, 3.8) is 0 Å². The summed E-state index contributed by atoms with van der Waals surface area (Å²) in [6, 6.07) is 7.20. The molecule has 4 heteroatoms. The summed E-state index contributed by atoms with van der Waals surface area (Å²) < 4.78 is 27.1. The van der Waals surface area contributed by atoms with Crippen LogP contribution in [0.15, 0.2) is 41.3 Å². The third-order valence-electron chi connectivity index (χ3n) is 5.29. The van der Waals surface area contributed by atoms with Gasteiger partial charge in [-0.2, -0.15) is 4.31 Å². The number of hydrogen-bond acceptors (Lipinski definition) is 2. The molecule has 3 aliphatic rings. The number of allylic oxidation sites excluding steroid dienone is 2. The van der Waals surface area contributed by atoms with E-state index < -0.39 is 10.0 Å². The van der Waals surface area contributed by atoms with Gasteiger partial charge in [0.25, 0.3) is 0 Å². The second-order valence-corrected chi connectivity index (χ2v) is 8.35. The molecule has 1 aromatic carbocycles. The second kappa shape index (κ2) is 4.18. The van der Waals surface area contributed by atoms with Crippen LogP contribution < -0.4 is 0 Å². The van der Waals surface area contributed by atoms with Crippen LogP contribution in [0, 0.1) is 30.6 Å². The van der Waals surface area contributed by atoms with E-state index in [-0.39, 0.29) is 0 Å². The van der Waals surface area contributed by atoms with E-state index >= 15 is 0 Å². The summed E-state index contributed by atoms with van der Waals surface area (Å²) in [4.78, 5) is 0.434. The Balaban J connectivity index is 1.61. The lowest BCUT2D eigenvalue weighted by Gasteiger charge is -2.18. The maximum atomic E-state index is 12.7. The summed E-state index contributed by atoms with van der Waals surface area (Å²) >= 11 is 0. The van der Waals surface area contributed by atoms with Crippen LogP contribution in [0.1, 0.15) is 12.0 Å². The predicted molar refractivity (Wildman–Crippen MR) is 77.7 cm³/mol. The predicted octanol–water partition coefficient (Wildman–Crippen LogP) is 2.44. The summed E-state index contributed by atoms with van der Waals surface area (Å²) in [6.45, 7) is 3.37. The van der Waals surface area contributed by atoms with Crippen molar-refractivity contribution < 1.29 is 8.42 Å². The van der Waals surface area contributed by atoms with Gasteiger partial charge < -0.3 is 0 Å². The highest BCUT2D eigenvalue weighted by Gasteiger charge is 2.51. The minimum absolute atomic E-state index is 0.434. The first-order valence-electron chi connectivity index (χ1n) is 7.31. The minimum Gasteiger partial charge on any atom is -0.207 e. The van der Waals surface area contributed by atoms with Gasteiger partial charge >= 0.3 is 0 Å². The number of benzene rings is 1. The lowest BCUT2D eigenvalue weighted by atomic mass is 9.86. The standard InChI is InChI=1S/C16H19NO2S/c1-11-2-6-14(7-3-11)20(18,19)17-9-15-12-4-5-13(8-12)16(15)10-17/h2-7,12-13,15-16H,8-10H2,1H3. The van der Waals surface area contributed by atoms with Crippen LogP contribution in [-0.2, 0) is 10.0 Å². The highest BCUT2D eigenvalue weighted by atomic mass is 32.2. The number of rotatable bonds is 2. The van der Waals surface area contributed by atoms with Gasteiger partial charge in [-0.15, -0.1) is 0 Å². The molecular formula is C16H19NO2S. The van der Waals surface area contributed by atoms with Gasteiger partial charge in [-0.25, -0.2) is 8.42 Å². The van der Waals surface area contributed by atoms with Gasteiger partial charge in [0.05, 0.1) is 4.90 Å². The highest BCUT2D eigenvalue weighted by molar-refractivity contribution is 7.89. The average molecular weight is 289 g/mol. The molecule has 1 heterocycles. The Morgan fingerprint density at radius 3 is 2.10 bits per heavy atom. The van der Waals surface area contributed by atoms with E-state index in [1.165, 1.54) is 6.42 Å². The average Bonchev–Trinajstić information content (AvgIpc) is 3.12. The SMILES string of the molecule is Cc1ccc(S(=O)(=O)N2CC3C4C=CC(C4)C3C2)cc1. The molecule has 0 aromatic heterocycles. The van der Waals surface area contributed by atoms with Crippen molar-refractivity contribution in [1.29, 1.82) is 0 Å². The summed E-state index contributed by atoms with van der Waals surface area (Å²) in [5.74, 6) is 2.32. The van der Waals surface area contributed by atoms with Crippen LogP contribution in [0.5, 0.6) is 0 Å². The van der Waals surface area contributed by atoms with Gasteiger partial charge in [-0.1, -0.05) is 29.8 Å². The Bertz CT molecular complexity index is 642. The fourth-order valence-electron chi connectivity index (χ4n) is 4.17. The quantitative estimate of drug-likeness (QED) is 0.784. The van der Waals surface area contributed by atoms with E-state index in [0.717, 1.165) is 5.56 Å². The fraction of sp³-hybridized carbons (Fsp3) is 0.500. The molecule has 1 aliphatic heterocycles. The Labute approximate surface area is 120 Å². The third kappa shape index (κ3) is 1.71. The van der Waals surface area contributed by atoms with Gasteiger partial charge in [0.15, 0.2) is 0 Å². The molecule has 4 atom stereocenters. The van der Waals surface area contributed by atoms with Crippen LogP contribution in [0.2, 0.25) is 0 Å². The minimum atomic E-state index is -3.31. The zero-order chi connectivity index (χ0) is 13.9.